The van der Waals surface area contributed by atoms with Gasteiger partial charge in [-0.1, -0.05) is 23.2 Å². The van der Waals surface area contributed by atoms with E-state index in [0.29, 0.717) is 10.0 Å². The Morgan fingerprint density at radius 2 is 1.20 bits per heavy atom. The van der Waals surface area contributed by atoms with Gasteiger partial charge in [-0.3, -0.25) is 0 Å². The molecule has 0 aliphatic heterocycles. The molecule has 0 radical (unpaired) electrons. The first kappa shape index (κ1) is 20.2. The summed E-state index contributed by atoms with van der Waals surface area (Å²) in [5.41, 5.74) is 0. The topological polar surface area (TPSA) is 92.3 Å². The van der Waals surface area contributed by atoms with Crippen LogP contribution < -0.4 is 9.44 Å². The lowest BCUT2D eigenvalue weighted by atomic mass is 10.4. The molecule has 0 fully saturated rings. The summed E-state index contributed by atoms with van der Waals surface area (Å²) in [7, 11) is -7.53. The zero-order valence-corrected chi connectivity index (χ0v) is 16.3. The van der Waals surface area contributed by atoms with Crippen LogP contribution in [0.4, 0.5) is 0 Å². The maximum atomic E-state index is 12.2. The number of sulfonamides is 2. The standard InChI is InChI=1S/C15H16Cl2N2O4S2/c1-11(19-25(22,23)15-8-4-13(17)5-9-15)10-18-24(20,21)14-6-2-12(16)3-7-14/h2-9,11,18-19H,10H2,1H3/t11-/m0/s1. The fourth-order valence-corrected chi connectivity index (χ4v) is 4.55. The SMILES string of the molecule is C[C@@H](CNS(=O)(=O)c1ccc(Cl)cc1)NS(=O)(=O)c1ccc(Cl)cc1. The van der Waals surface area contributed by atoms with E-state index in [1.54, 1.807) is 6.92 Å². The normalized spacial score (nSPS) is 13.6. The fourth-order valence-electron chi connectivity index (χ4n) is 1.92. The first-order valence-electron chi connectivity index (χ1n) is 7.13. The van der Waals surface area contributed by atoms with Crippen molar-refractivity contribution < 1.29 is 16.8 Å². The molecule has 0 aliphatic carbocycles. The van der Waals surface area contributed by atoms with Crippen molar-refractivity contribution >= 4 is 43.2 Å². The van der Waals surface area contributed by atoms with Crippen LogP contribution in [0.25, 0.3) is 0 Å². The van der Waals surface area contributed by atoms with Gasteiger partial charge in [0.15, 0.2) is 0 Å². The van der Waals surface area contributed by atoms with Gasteiger partial charge >= 0.3 is 0 Å². The van der Waals surface area contributed by atoms with Gasteiger partial charge in [0.25, 0.3) is 0 Å². The van der Waals surface area contributed by atoms with Gasteiger partial charge in [-0.05, 0) is 55.5 Å². The van der Waals surface area contributed by atoms with Crippen LogP contribution in [0.1, 0.15) is 6.92 Å². The second-order valence-corrected chi connectivity index (χ2v) is 9.64. The van der Waals surface area contributed by atoms with E-state index in [0.717, 1.165) is 0 Å². The third kappa shape index (κ3) is 5.67. The summed E-state index contributed by atoms with van der Waals surface area (Å²) in [6.07, 6.45) is 0. The minimum Gasteiger partial charge on any atom is -0.210 e. The van der Waals surface area contributed by atoms with E-state index in [4.69, 9.17) is 23.2 Å². The third-order valence-corrected chi connectivity index (χ3v) is 6.73. The maximum Gasteiger partial charge on any atom is 0.240 e. The van der Waals surface area contributed by atoms with Crippen LogP contribution in [-0.4, -0.2) is 29.4 Å². The molecule has 0 saturated carbocycles. The fraction of sp³-hybridized carbons (Fsp3) is 0.200. The average molecular weight is 423 g/mol. The summed E-state index contributed by atoms with van der Waals surface area (Å²) < 4.78 is 53.6. The van der Waals surface area contributed by atoms with Crippen molar-refractivity contribution in [2.45, 2.75) is 22.8 Å². The highest BCUT2D eigenvalue weighted by Gasteiger charge is 2.20. The van der Waals surface area contributed by atoms with Crippen molar-refractivity contribution in [1.29, 1.82) is 0 Å². The predicted molar refractivity (Wildman–Crippen MR) is 97.9 cm³/mol. The smallest absolute Gasteiger partial charge is 0.210 e. The molecule has 0 amide bonds. The van der Waals surface area contributed by atoms with Gasteiger partial charge in [0.1, 0.15) is 0 Å². The lowest BCUT2D eigenvalue weighted by Gasteiger charge is -2.15. The molecule has 2 N–H and O–H groups in total. The van der Waals surface area contributed by atoms with Crippen molar-refractivity contribution in [2.75, 3.05) is 6.54 Å². The lowest BCUT2D eigenvalue weighted by molar-refractivity contribution is 0.545. The molecule has 0 saturated heterocycles. The van der Waals surface area contributed by atoms with Crippen LogP contribution in [0.5, 0.6) is 0 Å². The average Bonchev–Trinajstić information content (AvgIpc) is 2.53. The van der Waals surface area contributed by atoms with Gasteiger partial charge < -0.3 is 0 Å². The third-order valence-electron chi connectivity index (χ3n) is 3.18. The molecule has 6 nitrogen and oxygen atoms in total. The van der Waals surface area contributed by atoms with E-state index in [2.05, 4.69) is 9.44 Å². The molecule has 136 valence electrons. The zero-order valence-electron chi connectivity index (χ0n) is 13.1. The van der Waals surface area contributed by atoms with Gasteiger partial charge in [-0.2, -0.15) is 0 Å². The van der Waals surface area contributed by atoms with E-state index < -0.39 is 26.1 Å². The summed E-state index contributed by atoms with van der Waals surface area (Å²) in [6.45, 7) is 1.44. The van der Waals surface area contributed by atoms with Crippen molar-refractivity contribution in [1.82, 2.24) is 9.44 Å². The highest BCUT2D eigenvalue weighted by Crippen LogP contribution is 2.15. The molecule has 0 aromatic heterocycles. The highest BCUT2D eigenvalue weighted by molar-refractivity contribution is 7.90. The molecule has 2 rings (SSSR count). The Hall–Kier alpha value is -1.16. The number of benzene rings is 2. The molecule has 25 heavy (non-hydrogen) atoms. The Balaban J connectivity index is 2.01. The molecule has 10 heteroatoms. The molecule has 0 aliphatic rings. The molecule has 2 aromatic carbocycles. The molecule has 2 aromatic rings. The zero-order chi connectivity index (χ0) is 18.7. The minimum absolute atomic E-state index is 0.0457. The second kappa shape index (κ2) is 8.03. The van der Waals surface area contributed by atoms with E-state index in [1.165, 1.54) is 48.5 Å². The minimum atomic E-state index is -3.78. The van der Waals surface area contributed by atoms with Gasteiger partial charge in [-0.25, -0.2) is 26.3 Å². The highest BCUT2D eigenvalue weighted by atomic mass is 35.5. The van der Waals surface area contributed by atoms with E-state index in [1.807, 2.05) is 0 Å². The molecule has 0 heterocycles. The van der Waals surface area contributed by atoms with Crippen LogP contribution >= 0.6 is 23.2 Å². The molecular formula is C15H16Cl2N2O4S2. The lowest BCUT2D eigenvalue weighted by Crippen LogP contribution is -2.41. The summed E-state index contributed by atoms with van der Waals surface area (Å²) >= 11 is 11.5. The Morgan fingerprint density at radius 1 is 0.800 bits per heavy atom. The summed E-state index contributed by atoms with van der Waals surface area (Å²) in [6, 6.07) is 10.7. The number of hydrogen-bond donors (Lipinski definition) is 2. The van der Waals surface area contributed by atoms with E-state index in [-0.39, 0.29) is 16.3 Å². The largest absolute Gasteiger partial charge is 0.240 e. The second-order valence-electron chi connectivity index (χ2n) is 5.28. The molecular weight excluding hydrogens is 407 g/mol. The van der Waals surface area contributed by atoms with Crippen LogP contribution in [0, 0.1) is 0 Å². The van der Waals surface area contributed by atoms with Gasteiger partial charge in [-0.15, -0.1) is 0 Å². The van der Waals surface area contributed by atoms with Crippen LogP contribution in [0.15, 0.2) is 58.3 Å². The molecule has 0 bridgehead atoms. The first-order valence-corrected chi connectivity index (χ1v) is 10.9. The Morgan fingerprint density at radius 3 is 1.64 bits per heavy atom. The first-order chi connectivity index (χ1) is 11.6. The summed E-state index contributed by atoms with van der Waals surface area (Å²) in [4.78, 5) is 0.0916. The quantitative estimate of drug-likeness (QED) is 0.716. The maximum absolute atomic E-state index is 12.2. The van der Waals surface area contributed by atoms with Gasteiger partial charge in [0.2, 0.25) is 20.0 Å². The van der Waals surface area contributed by atoms with Crippen molar-refractivity contribution in [3.05, 3.63) is 58.6 Å². The van der Waals surface area contributed by atoms with Crippen LogP contribution in [-0.2, 0) is 20.0 Å². The Labute approximate surface area is 157 Å². The van der Waals surface area contributed by atoms with Crippen molar-refractivity contribution in [2.24, 2.45) is 0 Å². The van der Waals surface area contributed by atoms with E-state index >= 15 is 0 Å². The Bertz CT molecular complexity index is 929. The molecule has 1 atom stereocenters. The number of hydrogen-bond acceptors (Lipinski definition) is 4. The van der Waals surface area contributed by atoms with Crippen LogP contribution in [0.3, 0.4) is 0 Å². The van der Waals surface area contributed by atoms with Crippen LogP contribution in [0.2, 0.25) is 10.0 Å². The summed E-state index contributed by atoms with van der Waals surface area (Å²) in [5.74, 6) is 0. The predicted octanol–water partition coefficient (Wildman–Crippen LogP) is 2.64. The van der Waals surface area contributed by atoms with Crippen molar-refractivity contribution in [3.8, 4) is 0 Å². The number of nitrogens with one attached hydrogen (secondary N) is 2. The summed E-state index contributed by atoms with van der Waals surface area (Å²) in [5, 5.41) is 0.839. The van der Waals surface area contributed by atoms with E-state index in [9.17, 15) is 16.8 Å². The van der Waals surface area contributed by atoms with Gasteiger partial charge in [0, 0.05) is 22.6 Å². The van der Waals surface area contributed by atoms with Gasteiger partial charge in [0.05, 0.1) is 9.79 Å². The monoisotopic (exact) mass is 422 g/mol. The Kier molecular flexibility index (Phi) is 6.47. The molecule has 0 spiro atoms. The number of halogens is 2. The number of rotatable bonds is 7. The van der Waals surface area contributed by atoms with Crippen molar-refractivity contribution in [3.63, 3.8) is 0 Å². The molecule has 0 unspecified atom stereocenters.